The predicted octanol–water partition coefficient (Wildman–Crippen LogP) is 2.07. The number of hydrogen-bond acceptors (Lipinski definition) is 6. The number of nitrogens with zero attached hydrogens (tertiary/aromatic N) is 3. The summed E-state index contributed by atoms with van der Waals surface area (Å²) < 4.78 is 10.6. The Kier molecular flexibility index (Phi) is 4.28. The van der Waals surface area contributed by atoms with E-state index in [4.69, 9.17) is 9.15 Å². The number of benzene rings is 1. The lowest BCUT2D eigenvalue weighted by Gasteiger charge is -2.01. The van der Waals surface area contributed by atoms with Crippen molar-refractivity contribution in [2.24, 2.45) is 0 Å². The van der Waals surface area contributed by atoms with Crippen LogP contribution in [0.5, 0.6) is 5.75 Å². The van der Waals surface area contributed by atoms with E-state index in [-0.39, 0.29) is 12.5 Å². The monoisotopic (exact) mass is 310 g/mol. The highest BCUT2D eigenvalue weighted by atomic mass is 16.5. The van der Waals surface area contributed by atoms with E-state index in [2.05, 4.69) is 20.5 Å². The molecule has 7 nitrogen and oxygen atoms in total. The van der Waals surface area contributed by atoms with E-state index < -0.39 is 0 Å². The van der Waals surface area contributed by atoms with Crippen LogP contribution >= 0.6 is 0 Å². The first-order valence-electron chi connectivity index (χ1n) is 6.91. The lowest BCUT2D eigenvalue weighted by molar-refractivity contribution is 0.0947. The van der Waals surface area contributed by atoms with E-state index in [0.717, 1.165) is 11.3 Å². The summed E-state index contributed by atoms with van der Waals surface area (Å²) in [4.78, 5) is 15.8. The molecule has 1 N–H and O–H groups in total. The van der Waals surface area contributed by atoms with Gasteiger partial charge in [-0.15, -0.1) is 10.2 Å². The van der Waals surface area contributed by atoms with E-state index in [1.165, 1.54) is 0 Å². The van der Waals surface area contributed by atoms with Gasteiger partial charge in [0.05, 0.1) is 13.7 Å². The number of rotatable bonds is 5. The number of amides is 1. The molecule has 0 aliphatic heterocycles. The summed E-state index contributed by atoms with van der Waals surface area (Å²) in [7, 11) is 1.60. The van der Waals surface area contributed by atoms with Crippen LogP contribution < -0.4 is 10.1 Å². The Morgan fingerprint density at radius 3 is 2.57 bits per heavy atom. The molecule has 0 aliphatic rings. The fourth-order valence-corrected chi connectivity index (χ4v) is 1.94. The van der Waals surface area contributed by atoms with Gasteiger partial charge in [0.1, 0.15) is 5.75 Å². The molecule has 2 aromatic heterocycles. The maximum atomic E-state index is 11.9. The van der Waals surface area contributed by atoms with Gasteiger partial charge in [-0.05, 0) is 36.4 Å². The second-order valence-corrected chi connectivity index (χ2v) is 4.65. The van der Waals surface area contributed by atoms with Gasteiger partial charge in [-0.25, -0.2) is 0 Å². The maximum absolute atomic E-state index is 11.9. The molecule has 3 aromatic rings. The minimum absolute atomic E-state index is 0.157. The molecule has 0 atom stereocenters. The van der Waals surface area contributed by atoms with Crippen LogP contribution in [0, 0.1) is 0 Å². The molecule has 3 rings (SSSR count). The van der Waals surface area contributed by atoms with Crippen molar-refractivity contribution < 1.29 is 13.9 Å². The van der Waals surface area contributed by atoms with Crippen LogP contribution in [0.2, 0.25) is 0 Å². The third kappa shape index (κ3) is 3.52. The summed E-state index contributed by atoms with van der Waals surface area (Å²) in [6.45, 7) is 0.157. The third-order valence-corrected chi connectivity index (χ3v) is 3.15. The number of methoxy groups -OCH3 is 1. The van der Waals surface area contributed by atoms with Gasteiger partial charge in [0.2, 0.25) is 11.8 Å². The minimum Gasteiger partial charge on any atom is -0.497 e. The molecule has 0 spiro atoms. The van der Waals surface area contributed by atoms with Crippen molar-refractivity contribution in [1.29, 1.82) is 0 Å². The summed E-state index contributed by atoms with van der Waals surface area (Å²) in [6, 6.07) is 10.5. The van der Waals surface area contributed by atoms with Gasteiger partial charge in [0, 0.05) is 23.5 Å². The van der Waals surface area contributed by atoms with Crippen LogP contribution in [0.3, 0.4) is 0 Å². The van der Waals surface area contributed by atoms with Crippen molar-refractivity contribution in [2.75, 3.05) is 7.11 Å². The smallest absolute Gasteiger partial charge is 0.251 e. The van der Waals surface area contributed by atoms with E-state index in [1.54, 1.807) is 31.6 Å². The lowest BCUT2D eigenvalue weighted by Crippen LogP contribution is -2.22. The fourth-order valence-electron chi connectivity index (χ4n) is 1.94. The third-order valence-electron chi connectivity index (χ3n) is 3.15. The average Bonchev–Trinajstić information content (AvgIpc) is 3.09. The van der Waals surface area contributed by atoms with Gasteiger partial charge in [-0.3, -0.25) is 9.78 Å². The summed E-state index contributed by atoms with van der Waals surface area (Å²) in [5.74, 6) is 1.24. The number of hydrogen-bond donors (Lipinski definition) is 1. The Hall–Kier alpha value is -3.22. The zero-order valence-corrected chi connectivity index (χ0v) is 12.4. The maximum Gasteiger partial charge on any atom is 0.251 e. The highest BCUT2D eigenvalue weighted by molar-refractivity contribution is 5.93. The number of carbonyl (C=O) groups is 1. The lowest BCUT2D eigenvalue weighted by atomic mass is 10.2. The van der Waals surface area contributed by atoms with Gasteiger partial charge >= 0.3 is 0 Å². The first-order valence-corrected chi connectivity index (χ1v) is 6.91. The second kappa shape index (κ2) is 6.69. The van der Waals surface area contributed by atoms with Crippen LogP contribution in [0.1, 0.15) is 16.2 Å². The molecule has 7 heteroatoms. The van der Waals surface area contributed by atoms with Crippen LogP contribution in [0.15, 0.2) is 53.2 Å². The second-order valence-electron chi connectivity index (χ2n) is 4.65. The number of pyridine rings is 1. The largest absolute Gasteiger partial charge is 0.497 e. The van der Waals surface area contributed by atoms with Crippen molar-refractivity contribution in [2.45, 2.75) is 6.54 Å². The quantitative estimate of drug-likeness (QED) is 0.776. The number of ether oxygens (including phenoxy) is 1. The van der Waals surface area contributed by atoms with Gasteiger partial charge < -0.3 is 14.5 Å². The van der Waals surface area contributed by atoms with Gasteiger partial charge in [0.15, 0.2) is 0 Å². The predicted molar refractivity (Wildman–Crippen MR) is 81.7 cm³/mol. The topological polar surface area (TPSA) is 90.1 Å². The number of nitrogens with one attached hydrogen (secondary N) is 1. The summed E-state index contributed by atoms with van der Waals surface area (Å²) in [5.41, 5.74) is 1.31. The molecule has 0 saturated carbocycles. The Bertz CT molecular complexity index is 785. The van der Waals surface area contributed by atoms with Gasteiger partial charge in [0.25, 0.3) is 5.91 Å². The molecule has 0 bridgehead atoms. The standard InChI is InChI=1S/C16H14N4O3/c1-22-13-4-2-12(3-5-13)16-20-19-14(23-16)10-18-15(21)11-6-8-17-9-7-11/h2-9H,10H2,1H3,(H,18,21). The Morgan fingerprint density at radius 2 is 1.87 bits per heavy atom. The SMILES string of the molecule is COc1ccc(-c2nnc(CNC(=O)c3ccncc3)o2)cc1. The molecule has 2 heterocycles. The molecule has 0 fully saturated rings. The van der Waals surface area contributed by atoms with Crippen molar-refractivity contribution in [3.8, 4) is 17.2 Å². The Morgan fingerprint density at radius 1 is 1.13 bits per heavy atom. The van der Waals surface area contributed by atoms with E-state index >= 15 is 0 Å². The first-order chi connectivity index (χ1) is 11.3. The van der Waals surface area contributed by atoms with Gasteiger partial charge in [-0.1, -0.05) is 0 Å². The summed E-state index contributed by atoms with van der Waals surface area (Å²) in [5, 5.41) is 10.6. The average molecular weight is 310 g/mol. The molecule has 116 valence electrons. The molecular formula is C16H14N4O3. The summed E-state index contributed by atoms with van der Waals surface area (Å²) >= 11 is 0. The zero-order valence-electron chi connectivity index (χ0n) is 12.4. The molecule has 23 heavy (non-hydrogen) atoms. The Balaban J connectivity index is 1.64. The van der Waals surface area contributed by atoms with Crippen LogP contribution in [0.4, 0.5) is 0 Å². The molecule has 0 aliphatic carbocycles. The van der Waals surface area contributed by atoms with Crippen molar-refractivity contribution >= 4 is 5.91 Å². The van der Waals surface area contributed by atoms with Crippen molar-refractivity contribution in [3.63, 3.8) is 0 Å². The van der Waals surface area contributed by atoms with Crippen molar-refractivity contribution in [1.82, 2.24) is 20.5 Å². The number of carbonyl (C=O) groups excluding carboxylic acids is 1. The first kappa shape index (κ1) is 14.7. The number of aromatic nitrogens is 3. The van der Waals surface area contributed by atoms with Crippen LogP contribution in [-0.4, -0.2) is 28.2 Å². The van der Waals surface area contributed by atoms with E-state index in [1.807, 2.05) is 24.3 Å². The van der Waals surface area contributed by atoms with Crippen LogP contribution in [0.25, 0.3) is 11.5 Å². The molecule has 0 saturated heterocycles. The Labute approximate surface area is 132 Å². The highest BCUT2D eigenvalue weighted by Gasteiger charge is 2.10. The molecule has 1 aromatic carbocycles. The molecule has 0 unspecified atom stereocenters. The zero-order chi connectivity index (χ0) is 16.1. The normalized spacial score (nSPS) is 10.3. The summed E-state index contributed by atoms with van der Waals surface area (Å²) in [6.07, 6.45) is 3.12. The molecular weight excluding hydrogens is 296 g/mol. The molecule has 0 radical (unpaired) electrons. The van der Waals surface area contributed by atoms with Crippen molar-refractivity contribution in [3.05, 3.63) is 60.2 Å². The van der Waals surface area contributed by atoms with Gasteiger partial charge in [-0.2, -0.15) is 0 Å². The fraction of sp³-hybridized carbons (Fsp3) is 0.125. The minimum atomic E-state index is -0.225. The highest BCUT2D eigenvalue weighted by Crippen LogP contribution is 2.21. The van der Waals surface area contributed by atoms with Crippen LogP contribution in [-0.2, 0) is 6.54 Å². The van der Waals surface area contributed by atoms with E-state index in [0.29, 0.717) is 17.3 Å². The molecule has 1 amide bonds. The van der Waals surface area contributed by atoms with E-state index in [9.17, 15) is 4.79 Å².